The molecule has 1 aromatic carbocycles. The molecule has 8 heteroatoms. The minimum Gasteiger partial charge on any atom is -0.466 e. The quantitative estimate of drug-likeness (QED) is 0.560. The van der Waals surface area contributed by atoms with E-state index in [9.17, 15) is 19.5 Å². The van der Waals surface area contributed by atoms with Gasteiger partial charge in [-0.1, -0.05) is 37.3 Å². The minimum atomic E-state index is -0.748. The second-order valence-electron chi connectivity index (χ2n) is 9.74. The molecule has 2 N–H and O–H groups in total. The maximum atomic E-state index is 14.0. The lowest BCUT2D eigenvalue weighted by molar-refractivity contribution is -0.154. The molecule has 3 fully saturated rings. The first-order chi connectivity index (χ1) is 15.8. The van der Waals surface area contributed by atoms with Gasteiger partial charge in [0.1, 0.15) is 6.04 Å². The molecule has 1 spiro atoms. The average Bonchev–Trinajstić information content (AvgIpc) is 3.36. The lowest BCUT2D eigenvalue weighted by atomic mass is 9.66. The Morgan fingerprint density at radius 3 is 2.61 bits per heavy atom. The summed E-state index contributed by atoms with van der Waals surface area (Å²) >= 11 is 1.62. The predicted octanol–water partition coefficient (Wildman–Crippen LogP) is 2.01. The number of aliphatic hydroxyl groups excluding tert-OH is 1. The second kappa shape index (κ2) is 9.29. The van der Waals surface area contributed by atoms with E-state index < -0.39 is 28.7 Å². The number of rotatable bonds is 8. The Balaban J connectivity index is 1.78. The monoisotopic (exact) mass is 474 g/mol. The van der Waals surface area contributed by atoms with Crippen LogP contribution in [0.4, 0.5) is 0 Å². The first-order valence-electron chi connectivity index (χ1n) is 11.9. The van der Waals surface area contributed by atoms with Gasteiger partial charge in [0.15, 0.2) is 0 Å². The topological polar surface area (TPSA) is 95.9 Å². The number of aliphatic hydroxyl groups is 1. The first kappa shape index (κ1) is 24.1. The molecule has 180 valence electrons. The van der Waals surface area contributed by atoms with E-state index in [0.717, 1.165) is 12.0 Å². The number of amides is 2. The van der Waals surface area contributed by atoms with Crippen molar-refractivity contribution in [1.29, 1.82) is 0 Å². The highest BCUT2D eigenvalue weighted by Gasteiger charge is 2.76. The molecule has 7 atom stereocenters. The summed E-state index contributed by atoms with van der Waals surface area (Å²) in [6.07, 6.45) is 1.20. The molecule has 7 nitrogen and oxygen atoms in total. The third-order valence-electron chi connectivity index (χ3n) is 7.34. The van der Waals surface area contributed by atoms with E-state index in [1.165, 1.54) is 0 Å². The minimum absolute atomic E-state index is 0.0359. The molecule has 2 bridgehead atoms. The molecule has 3 aliphatic rings. The van der Waals surface area contributed by atoms with Crippen molar-refractivity contribution in [2.45, 2.75) is 68.7 Å². The third-order valence-corrected chi connectivity index (χ3v) is 9.42. The van der Waals surface area contributed by atoms with Gasteiger partial charge in [-0.3, -0.25) is 14.4 Å². The molecule has 0 radical (unpaired) electrons. The number of hydrogen-bond donors (Lipinski definition) is 2. The Morgan fingerprint density at radius 2 is 2.00 bits per heavy atom. The second-order valence-corrected chi connectivity index (χ2v) is 11.3. The number of fused-ring (bicyclic) bond motifs is 1. The lowest BCUT2D eigenvalue weighted by Gasteiger charge is -2.40. The van der Waals surface area contributed by atoms with Crippen LogP contribution in [0.5, 0.6) is 0 Å². The Morgan fingerprint density at radius 1 is 1.30 bits per heavy atom. The molecule has 0 aliphatic carbocycles. The molecule has 3 heterocycles. The van der Waals surface area contributed by atoms with Crippen molar-refractivity contribution in [1.82, 2.24) is 10.2 Å². The molecule has 1 aromatic rings. The van der Waals surface area contributed by atoms with Crippen molar-refractivity contribution in [3.8, 4) is 0 Å². The van der Waals surface area contributed by atoms with Crippen LogP contribution in [0.25, 0.3) is 0 Å². The summed E-state index contributed by atoms with van der Waals surface area (Å²) in [5.74, 6) is -1.88. The van der Waals surface area contributed by atoms with Crippen molar-refractivity contribution >= 4 is 29.5 Å². The van der Waals surface area contributed by atoms with Crippen molar-refractivity contribution in [3.05, 3.63) is 35.9 Å². The fraction of sp³-hybridized carbons (Fsp3) is 0.640. The Labute approximate surface area is 199 Å². The van der Waals surface area contributed by atoms with Crippen LogP contribution < -0.4 is 5.32 Å². The molecule has 4 rings (SSSR count). The standard InChI is InChI=1S/C25H34N2O5S/c1-5-32-24(31)19-18-11-15(4)25(33-18)20(19)23(30)27(21(25)22(29)26-14(2)3)17(13-28)12-16-9-7-6-8-10-16/h6-10,14-15,17-21,28H,5,11-13H2,1-4H3,(H,26,29)/t15?,17-,18-,19+,20+,21?,25?/m1/s1. The Hall–Kier alpha value is -2.06. The number of thioether (sulfide) groups is 1. The zero-order chi connectivity index (χ0) is 23.9. The van der Waals surface area contributed by atoms with E-state index in [4.69, 9.17) is 4.74 Å². The molecule has 3 aliphatic heterocycles. The zero-order valence-corrected chi connectivity index (χ0v) is 20.5. The number of benzene rings is 1. The number of ether oxygens (including phenoxy) is 1. The van der Waals surface area contributed by atoms with Crippen LogP contribution in [0.2, 0.25) is 0 Å². The SMILES string of the molecule is CCOC(=O)[C@@H]1[C@H]2C(=O)N([C@@H](CO)Cc3ccccc3)C(C(=O)NC(C)C)C23S[C@@H]1CC3C. The molecule has 0 aromatic heterocycles. The van der Waals surface area contributed by atoms with E-state index in [-0.39, 0.29) is 48.2 Å². The maximum Gasteiger partial charge on any atom is 0.310 e. The third kappa shape index (κ3) is 3.85. The van der Waals surface area contributed by atoms with Gasteiger partial charge in [-0.05, 0) is 45.1 Å². The molecular weight excluding hydrogens is 440 g/mol. The summed E-state index contributed by atoms with van der Waals surface area (Å²) in [6, 6.07) is 8.27. The summed E-state index contributed by atoms with van der Waals surface area (Å²) in [4.78, 5) is 42.2. The Bertz CT molecular complexity index is 909. The van der Waals surface area contributed by atoms with E-state index in [0.29, 0.717) is 6.42 Å². The van der Waals surface area contributed by atoms with E-state index >= 15 is 0 Å². The fourth-order valence-corrected chi connectivity index (χ4v) is 8.56. The van der Waals surface area contributed by atoms with Crippen LogP contribution in [-0.4, -0.2) is 69.1 Å². The highest BCUT2D eigenvalue weighted by atomic mass is 32.2. The lowest BCUT2D eigenvalue weighted by Crippen LogP contribution is -2.59. The molecule has 33 heavy (non-hydrogen) atoms. The van der Waals surface area contributed by atoms with Crippen molar-refractivity contribution in [2.24, 2.45) is 17.8 Å². The van der Waals surface area contributed by atoms with Crippen LogP contribution in [0, 0.1) is 17.8 Å². The molecule has 0 saturated carbocycles. The zero-order valence-electron chi connectivity index (χ0n) is 19.7. The first-order valence-corrected chi connectivity index (χ1v) is 12.8. The van der Waals surface area contributed by atoms with Gasteiger partial charge in [0.05, 0.1) is 35.8 Å². The van der Waals surface area contributed by atoms with Crippen molar-refractivity contribution in [3.63, 3.8) is 0 Å². The maximum absolute atomic E-state index is 14.0. The highest BCUT2D eigenvalue weighted by molar-refractivity contribution is 8.02. The fourth-order valence-electron chi connectivity index (χ4n) is 6.16. The number of likely N-dealkylation sites (tertiary alicyclic amines) is 1. The summed E-state index contributed by atoms with van der Waals surface area (Å²) in [5, 5.41) is 13.4. The van der Waals surface area contributed by atoms with Crippen LogP contribution in [0.1, 0.15) is 39.7 Å². The number of nitrogens with one attached hydrogen (secondary N) is 1. The van der Waals surface area contributed by atoms with Crippen LogP contribution in [-0.2, 0) is 25.5 Å². The number of hydrogen-bond acceptors (Lipinski definition) is 6. The van der Waals surface area contributed by atoms with Gasteiger partial charge in [-0.25, -0.2) is 0 Å². The van der Waals surface area contributed by atoms with Gasteiger partial charge in [-0.15, -0.1) is 11.8 Å². The summed E-state index contributed by atoms with van der Waals surface area (Å²) < 4.78 is 4.67. The van der Waals surface area contributed by atoms with Gasteiger partial charge in [0.2, 0.25) is 11.8 Å². The largest absolute Gasteiger partial charge is 0.466 e. The van der Waals surface area contributed by atoms with Gasteiger partial charge in [-0.2, -0.15) is 0 Å². The summed E-state index contributed by atoms with van der Waals surface area (Å²) in [5.41, 5.74) is 0.980. The van der Waals surface area contributed by atoms with Crippen molar-refractivity contribution in [2.75, 3.05) is 13.2 Å². The van der Waals surface area contributed by atoms with E-state index in [1.54, 1.807) is 23.6 Å². The average molecular weight is 475 g/mol. The normalized spacial score (nSPS) is 33.3. The number of carbonyl (C=O) groups is 3. The summed E-state index contributed by atoms with van der Waals surface area (Å²) in [6.45, 7) is 7.63. The van der Waals surface area contributed by atoms with Gasteiger partial charge < -0.3 is 20.1 Å². The van der Waals surface area contributed by atoms with E-state index in [2.05, 4.69) is 12.2 Å². The van der Waals surface area contributed by atoms with Gasteiger partial charge >= 0.3 is 5.97 Å². The van der Waals surface area contributed by atoms with Crippen LogP contribution in [0.3, 0.4) is 0 Å². The summed E-state index contributed by atoms with van der Waals surface area (Å²) in [7, 11) is 0. The van der Waals surface area contributed by atoms with Gasteiger partial charge in [0.25, 0.3) is 0 Å². The number of esters is 1. The van der Waals surface area contributed by atoms with Crippen LogP contribution >= 0.6 is 11.8 Å². The molecule has 2 amide bonds. The molecule has 3 saturated heterocycles. The van der Waals surface area contributed by atoms with Crippen molar-refractivity contribution < 1.29 is 24.2 Å². The molecule has 3 unspecified atom stereocenters. The van der Waals surface area contributed by atoms with Crippen LogP contribution in [0.15, 0.2) is 30.3 Å². The number of carbonyl (C=O) groups excluding carboxylic acids is 3. The molecular formula is C25H34N2O5S. The Kier molecular flexibility index (Phi) is 6.78. The van der Waals surface area contributed by atoms with Gasteiger partial charge in [0, 0.05) is 11.3 Å². The smallest absolute Gasteiger partial charge is 0.310 e. The van der Waals surface area contributed by atoms with E-state index in [1.807, 2.05) is 44.2 Å². The predicted molar refractivity (Wildman–Crippen MR) is 126 cm³/mol. The highest BCUT2D eigenvalue weighted by Crippen LogP contribution is 2.68. The number of nitrogens with zero attached hydrogens (tertiary/aromatic N) is 1.